The van der Waals surface area contributed by atoms with Gasteiger partial charge in [0.25, 0.3) is 0 Å². The average Bonchev–Trinajstić information content (AvgIpc) is 2.97. The number of halogens is 1. The van der Waals surface area contributed by atoms with Crippen molar-refractivity contribution < 1.29 is 18.7 Å². The Labute approximate surface area is 225 Å². The number of benzene rings is 2. The van der Waals surface area contributed by atoms with Gasteiger partial charge >= 0.3 is 0 Å². The summed E-state index contributed by atoms with van der Waals surface area (Å²) < 4.78 is 24.8. The molecule has 200 valence electrons. The summed E-state index contributed by atoms with van der Waals surface area (Å²) in [5.41, 5.74) is 3.39. The second-order valence-electron chi connectivity index (χ2n) is 9.00. The molecule has 1 amide bonds. The highest BCUT2D eigenvalue weighted by atomic mass is 19.1. The van der Waals surface area contributed by atoms with Crippen LogP contribution >= 0.6 is 0 Å². The molecule has 10 heteroatoms. The third-order valence-corrected chi connectivity index (χ3v) is 6.31. The largest absolute Gasteiger partial charge is 0.491 e. The van der Waals surface area contributed by atoms with Gasteiger partial charge < -0.3 is 20.1 Å². The van der Waals surface area contributed by atoms with Crippen molar-refractivity contribution in [3.8, 4) is 17.0 Å². The van der Waals surface area contributed by atoms with Crippen molar-refractivity contribution in [2.75, 3.05) is 50.1 Å². The molecule has 4 aromatic rings. The van der Waals surface area contributed by atoms with Gasteiger partial charge in [-0.1, -0.05) is 18.7 Å². The lowest BCUT2D eigenvalue weighted by Crippen LogP contribution is -2.37. The SMILES string of the molecule is C=CC(=O)Nc1cc2c(Nc3cccc(-c4ccc(F)cn4)c3)ncnc2cc1OCCCN1CCOCC1. The molecule has 0 aliphatic carbocycles. The number of carbonyl (C=O) groups excluding carboxylic acids is 1. The molecule has 0 unspecified atom stereocenters. The lowest BCUT2D eigenvalue weighted by molar-refractivity contribution is -0.111. The molecule has 0 saturated carbocycles. The maximum absolute atomic E-state index is 13.3. The summed E-state index contributed by atoms with van der Waals surface area (Å²) in [5, 5.41) is 6.86. The molecule has 0 spiro atoms. The monoisotopic (exact) mass is 528 g/mol. The number of hydrogen-bond acceptors (Lipinski definition) is 8. The van der Waals surface area contributed by atoms with Crippen LogP contribution in [0.1, 0.15) is 6.42 Å². The van der Waals surface area contributed by atoms with Gasteiger partial charge in [0.2, 0.25) is 5.91 Å². The zero-order chi connectivity index (χ0) is 27.0. The summed E-state index contributed by atoms with van der Waals surface area (Å²) in [5.74, 6) is 0.338. The molecule has 2 aromatic carbocycles. The van der Waals surface area contributed by atoms with Gasteiger partial charge in [-0.3, -0.25) is 14.7 Å². The number of nitrogens with zero attached hydrogens (tertiary/aromatic N) is 4. The minimum Gasteiger partial charge on any atom is -0.491 e. The van der Waals surface area contributed by atoms with E-state index in [1.165, 1.54) is 24.7 Å². The third kappa shape index (κ3) is 6.73. The zero-order valence-electron chi connectivity index (χ0n) is 21.4. The van der Waals surface area contributed by atoms with Gasteiger partial charge in [0, 0.05) is 42.3 Å². The van der Waals surface area contributed by atoms with Gasteiger partial charge in [0.05, 0.1) is 42.9 Å². The Hall–Kier alpha value is -4.41. The molecule has 2 aromatic heterocycles. The Balaban J connectivity index is 1.38. The average molecular weight is 529 g/mol. The van der Waals surface area contributed by atoms with Crippen molar-refractivity contribution in [1.82, 2.24) is 19.9 Å². The number of pyridine rings is 1. The lowest BCUT2D eigenvalue weighted by atomic mass is 10.1. The van der Waals surface area contributed by atoms with E-state index in [1.54, 1.807) is 18.2 Å². The number of hydrogen-bond donors (Lipinski definition) is 2. The van der Waals surface area contributed by atoms with Crippen molar-refractivity contribution >= 4 is 34.0 Å². The van der Waals surface area contributed by atoms with Crippen molar-refractivity contribution in [1.29, 1.82) is 0 Å². The molecule has 9 nitrogen and oxygen atoms in total. The standard InChI is InChI=1S/C29H29FN6O3/c1-2-28(37)35-26-16-23-25(17-27(26)39-12-4-9-36-10-13-38-14-11-36)32-19-33-29(23)34-22-6-3-5-20(15-22)24-8-7-21(30)18-31-24/h2-3,5-8,15-19H,1,4,9-14H2,(H,35,37)(H,32,33,34). The van der Waals surface area contributed by atoms with Crippen LogP contribution in [-0.4, -0.2) is 65.2 Å². The van der Waals surface area contributed by atoms with Crippen LogP contribution in [0.25, 0.3) is 22.2 Å². The topological polar surface area (TPSA) is 102 Å². The van der Waals surface area contributed by atoms with Gasteiger partial charge in [0.15, 0.2) is 0 Å². The predicted octanol–water partition coefficient (Wildman–Crippen LogP) is 4.80. The molecule has 2 N–H and O–H groups in total. The van der Waals surface area contributed by atoms with Gasteiger partial charge in [-0.25, -0.2) is 14.4 Å². The summed E-state index contributed by atoms with van der Waals surface area (Å²) in [6.07, 6.45) is 4.71. The van der Waals surface area contributed by atoms with Crippen molar-refractivity contribution in [3.05, 3.63) is 79.5 Å². The van der Waals surface area contributed by atoms with Crippen LogP contribution in [0.4, 0.5) is 21.6 Å². The summed E-state index contributed by atoms with van der Waals surface area (Å²) in [4.78, 5) is 27.6. The summed E-state index contributed by atoms with van der Waals surface area (Å²) in [6.45, 7) is 8.31. The predicted molar refractivity (Wildman–Crippen MR) is 149 cm³/mol. The first-order valence-corrected chi connectivity index (χ1v) is 12.7. The normalized spacial score (nSPS) is 13.7. The van der Waals surface area contributed by atoms with Crippen LogP contribution in [0.2, 0.25) is 0 Å². The number of anilines is 3. The number of ether oxygens (including phenoxy) is 2. The molecule has 1 aliphatic heterocycles. The molecule has 1 fully saturated rings. The van der Waals surface area contributed by atoms with E-state index < -0.39 is 0 Å². The first-order valence-electron chi connectivity index (χ1n) is 12.7. The van der Waals surface area contributed by atoms with Gasteiger partial charge in [-0.2, -0.15) is 0 Å². The molecular formula is C29H29FN6O3. The molecule has 0 radical (unpaired) electrons. The highest BCUT2D eigenvalue weighted by molar-refractivity contribution is 6.03. The first-order chi connectivity index (χ1) is 19.1. The fraction of sp³-hybridized carbons (Fsp3) is 0.241. The van der Waals surface area contributed by atoms with Crippen molar-refractivity contribution in [2.45, 2.75) is 6.42 Å². The highest BCUT2D eigenvalue weighted by Gasteiger charge is 2.14. The van der Waals surface area contributed by atoms with E-state index in [2.05, 4.69) is 37.1 Å². The number of morpholine rings is 1. The van der Waals surface area contributed by atoms with Crippen LogP contribution in [0.15, 0.2) is 73.7 Å². The second-order valence-corrected chi connectivity index (χ2v) is 9.00. The number of aromatic nitrogens is 3. The van der Waals surface area contributed by atoms with Crippen LogP contribution in [-0.2, 0) is 9.53 Å². The minimum absolute atomic E-state index is 0.349. The molecular weight excluding hydrogens is 499 g/mol. The Morgan fingerprint density at radius 3 is 2.79 bits per heavy atom. The maximum atomic E-state index is 13.3. The molecule has 1 aliphatic rings. The Kier molecular flexibility index (Phi) is 8.35. The number of carbonyl (C=O) groups is 1. The van der Waals surface area contributed by atoms with Gasteiger partial charge in [-0.05, 0) is 42.8 Å². The Morgan fingerprint density at radius 2 is 2.00 bits per heavy atom. The van der Waals surface area contributed by atoms with Crippen LogP contribution in [0, 0.1) is 5.82 Å². The zero-order valence-corrected chi connectivity index (χ0v) is 21.4. The van der Waals surface area contributed by atoms with E-state index in [-0.39, 0.29) is 11.7 Å². The summed E-state index contributed by atoms with van der Waals surface area (Å²) in [7, 11) is 0. The number of amides is 1. The van der Waals surface area contributed by atoms with E-state index in [4.69, 9.17) is 9.47 Å². The Morgan fingerprint density at radius 1 is 1.13 bits per heavy atom. The van der Waals surface area contributed by atoms with Crippen molar-refractivity contribution in [3.63, 3.8) is 0 Å². The summed E-state index contributed by atoms with van der Waals surface area (Å²) in [6, 6.07) is 14.2. The Bertz CT molecular complexity index is 1460. The number of fused-ring (bicyclic) bond motifs is 1. The second kappa shape index (κ2) is 12.4. The fourth-order valence-corrected chi connectivity index (χ4v) is 4.32. The van der Waals surface area contributed by atoms with Gasteiger partial charge in [-0.15, -0.1) is 0 Å². The minimum atomic E-state index is -0.389. The molecule has 5 rings (SSSR count). The smallest absolute Gasteiger partial charge is 0.247 e. The van der Waals surface area contributed by atoms with E-state index in [9.17, 15) is 9.18 Å². The van der Waals surface area contributed by atoms with E-state index in [0.29, 0.717) is 40.5 Å². The molecule has 0 atom stereocenters. The fourth-order valence-electron chi connectivity index (χ4n) is 4.32. The third-order valence-electron chi connectivity index (χ3n) is 6.31. The number of nitrogens with one attached hydrogen (secondary N) is 2. The van der Waals surface area contributed by atoms with E-state index >= 15 is 0 Å². The van der Waals surface area contributed by atoms with Crippen LogP contribution in [0.3, 0.4) is 0 Å². The van der Waals surface area contributed by atoms with Crippen LogP contribution in [0.5, 0.6) is 5.75 Å². The number of rotatable bonds is 10. The maximum Gasteiger partial charge on any atom is 0.247 e. The van der Waals surface area contributed by atoms with E-state index in [0.717, 1.165) is 50.5 Å². The quantitative estimate of drug-likeness (QED) is 0.224. The highest BCUT2D eigenvalue weighted by Crippen LogP contribution is 2.34. The molecule has 0 bridgehead atoms. The van der Waals surface area contributed by atoms with Crippen molar-refractivity contribution in [2.24, 2.45) is 0 Å². The molecule has 39 heavy (non-hydrogen) atoms. The first kappa shape index (κ1) is 26.2. The van der Waals surface area contributed by atoms with Crippen LogP contribution < -0.4 is 15.4 Å². The molecule has 3 heterocycles. The molecule has 1 saturated heterocycles. The lowest BCUT2D eigenvalue weighted by Gasteiger charge is -2.26. The van der Waals surface area contributed by atoms with E-state index in [1.807, 2.05) is 24.3 Å². The summed E-state index contributed by atoms with van der Waals surface area (Å²) >= 11 is 0. The van der Waals surface area contributed by atoms with Gasteiger partial charge in [0.1, 0.15) is 23.7 Å².